The summed E-state index contributed by atoms with van der Waals surface area (Å²) in [5.41, 5.74) is 2.04. The van der Waals surface area contributed by atoms with Gasteiger partial charge in [0.2, 0.25) is 0 Å². The number of carbonyl (C=O) groups is 2. The third kappa shape index (κ3) is 5.17. The number of hydrogen-bond acceptors (Lipinski definition) is 7. The maximum absolute atomic E-state index is 13.1. The van der Waals surface area contributed by atoms with E-state index in [9.17, 15) is 9.59 Å². The van der Waals surface area contributed by atoms with Gasteiger partial charge >= 0.3 is 6.03 Å². The molecule has 2 fully saturated rings. The molecule has 3 aromatic heterocycles. The molecule has 38 heavy (non-hydrogen) atoms. The Balaban J connectivity index is 1.00. The molecule has 2 aliphatic heterocycles. The molecular weight excluding hydrogens is 498 g/mol. The highest BCUT2D eigenvalue weighted by Crippen LogP contribution is 2.31. The number of piperazine rings is 1. The third-order valence-corrected chi connectivity index (χ3v) is 8.26. The van der Waals surface area contributed by atoms with Crippen molar-refractivity contribution in [2.45, 2.75) is 18.8 Å². The Kier molecular flexibility index (Phi) is 6.87. The molecule has 194 valence electrons. The van der Waals surface area contributed by atoms with Gasteiger partial charge < -0.3 is 20.0 Å². The fourth-order valence-electron chi connectivity index (χ4n) is 5.11. The number of piperidine rings is 1. The van der Waals surface area contributed by atoms with Crippen LogP contribution < -0.4 is 10.2 Å². The molecule has 0 saturated carbocycles. The summed E-state index contributed by atoms with van der Waals surface area (Å²) in [6.45, 7) is 4.40. The van der Waals surface area contributed by atoms with E-state index in [0.717, 1.165) is 53.3 Å². The second-order valence-corrected chi connectivity index (χ2v) is 10.5. The van der Waals surface area contributed by atoms with Gasteiger partial charge in [0, 0.05) is 74.0 Å². The summed E-state index contributed by atoms with van der Waals surface area (Å²) in [6, 6.07) is 15.5. The molecule has 0 bridgehead atoms. The number of amides is 3. The Morgan fingerprint density at radius 1 is 0.868 bits per heavy atom. The van der Waals surface area contributed by atoms with Gasteiger partial charge in [-0.25, -0.2) is 14.8 Å². The third-order valence-electron chi connectivity index (χ3n) is 7.25. The lowest BCUT2D eigenvalue weighted by atomic mass is 9.98. The predicted octanol–water partition coefficient (Wildman–Crippen LogP) is 4.46. The van der Waals surface area contributed by atoms with Crippen molar-refractivity contribution < 1.29 is 9.59 Å². The largest absolute Gasteiger partial charge is 0.353 e. The van der Waals surface area contributed by atoms with E-state index in [1.165, 1.54) is 11.3 Å². The summed E-state index contributed by atoms with van der Waals surface area (Å²) in [4.78, 5) is 45.5. The van der Waals surface area contributed by atoms with Crippen LogP contribution in [0.5, 0.6) is 0 Å². The molecule has 2 aliphatic rings. The Morgan fingerprint density at radius 2 is 1.66 bits per heavy atom. The van der Waals surface area contributed by atoms with Crippen molar-refractivity contribution in [3.8, 4) is 0 Å². The zero-order chi connectivity index (χ0) is 25.9. The van der Waals surface area contributed by atoms with E-state index in [4.69, 9.17) is 0 Å². The highest BCUT2D eigenvalue weighted by molar-refractivity contribution is 7.10. The number of hydrogen-bond donors (Lipinski definition) is 1. The van der Waals surface area contributed by atoms with Crippen molar-refractivity contribution in [3.63, 3.8) is 0 Å². The molecule has 0 atom stereocenters. The van der Waals surface area contributed by atoms with Gasteiger partial charge in [-0.2, -0.15) is 0 Å². The molecule has 0 radical (unpaired) electrons. The molecule has 6 rings (SSSR count). The number of rotatable bonds is 4. The number of thiazole rings is 1. The van der Waals surface area contributed by atoms with Crippen molar-refractivity contribution in [3.05, 3.63) is 77.0 Å². The van der Waals surface area contributed by atoms with E-state index >= 15 is 0 Å². The van der Waals surface area contributed by atoms with Crippen LogP contribution in [-0.4, -0.2) is 76.0 Å². The summed E-state index contributed by atoms with van der Waals surface area (Å²) in [5.74, 6) is 1.01. The minimum atomic E-state index is -0.215. The van der Waals surface area contributed by atoms with Crippen LogP contribution in [0.2, 0.25) is 0 Å². The molecule has 5 heterocycles. The predicted molar refractivity (Wildman–Crippen MR) is 149 cm³/mol. The first-order valence-electron chi connectivity index (χ1n) is 13.0. The number of nitrogens with one attached hydrogen (secondary N) is 1. The van der Waals surface area contributed by atoms with Crippen LogP contribution in [0, 0.1) is 0 Å². The van der Waals surface area contributed by atoms with Crippen LogP contribution in [-0.2, 0) is 0 Å². The Bertz CT molecular complexity index is 1430. The van der Waals surface area contributed by atoms with Gasteiger partial charge in [-0.1, -0.05) is 12.1 Å². The summed E-state index contributed by atoms with van der Waals surface area (Å²) < 4.78 is 0. The quantitative estimate of drug-likeness (QED) is 0.421. The highest BCUT2D eigenvalue weighted by Gasteiger charge is 2.30. The number of likely N-dealkylation sites (tertiary alicyclic amines) is 1. The molecule has 4 aromatic rings. The number of pyridine rings is 2. The molecule has 9 nitrogen and oxygen atoms in total. The standard InChI is InChI=1S/C28H29N7O2S/c36-26(31-22-6-7-23-21(18-22)4-3-11-29-23)24-19-38-27(32-24)20-8-12-34(13-9-20)28(37)35-16-14-33(15-17-35)25-5-1-2-10-30-25/h1-7,10-11,18-20H,8-9,12-17H2,(H,31,36). The first-order valence-corrected chi connectivity index (χ1v) is 13.8. The van der Waals surface area contributed by atoms with Crippen molar-refractivity contribution in [2.24, 2.45) is 0 Å². The van der Waals surface area contributed by atoms with Gasteiger partial charge in [0.05, 0.1) is 10.5 Å². The minimum absolute atomic E-state index is 0.119. The highest BCUT2D eigenvalue weighted by atomic mass is 32.1. The lowest BCUT2D eigenvalue weighted by molar-refractivity contribution is 0.102. The zero-order valence-electron chi connectivity index (χ0n) is 21.0. The number of fused-ring (bicyclic) bond motifs is 1. The monoisotopic (exact) mass is 527 g/mol. The van der Waals surface area contributed by atoms with Crippen LogP contribution >= 0.6 is 11.3 Å². The van der Waals surface area contributed by atoms with Crippen LogP contribution in [0.25, 0.3) is 10.9 Å². The van der Waals surface area contributed by atoms with Crippen molar-refractivity contribution in [1.82, 2.24) is 24.8 Å². The van der Waals surface area contributed by atoms with Crippen LogP contribution in [0.4, 0.5) is 16.3 Å². The molecule has 1 N–H and O–H groups in total. The van der Waals surface area contributed by atoms with E-state index in [1.807, 2.05) is 63.7 Å². The second-order valence-electron chi connectivity index (χ2n) is 9.64. The second kappa shape index (κ2) is 10.7. The first-order chi connectivity index (χ1) is 18.6. The summed E-state index contributed by atoms with van der Waals surface area (Å²) in [6.07, 6.45) is 5.26. The van der Waals surface area contributed by atoms with Gasteiger partial charge in [0.15, 0.2) is 0 Å². The maximum atomic E-state index is 13.1. The molecule has 1 aromatic carbocycles. The van der Waals surface area contributed by atoms with Gasteiger partial charge in [-0.3, -0.25) is 9.78 Å². The lowest BCUT2D eigenvalue weighted by Crippen LogP contribution is -2.54. The van der Waals surface area contributed by atoms with Crippen LogP contribution in [0.15, 0.2) is 66.3 Å². The summed E-state index contributed by atoms with van der Waals surface area (Å²) in [7, 11) is 0. The van der Waals surface area contributed by atoms with Gasteiger partial charge in [0.25, 0.3) is 5.91 Å². The van der Waals surface area contributed by atoms with Crippen molar-refractivity contribution in [1.29, 1.82) is 0 Å². The number of anilines is 2. The molecule has 0 aliphatic carbocycles. The molecule has 0 spiro atoms. The van der Waals surface area contributed by atoms with Gasteiger partial charge in [-0.05, 0) is 49.2 Å². The number of nitrogens with zero attached hydrogens (tertiary/aromatic N) is 6. The van der Waals surface area contributed by atoms with Gasteiger partial charge in [0.1, 0.15) is 11.5 Å². The van der Waals surface area contributed by atoms with Crippen LogP contribution in [0.1, 0.15) is 34.3 Å². The summed E-state index contributed by atoms with van der Waals surface area (Å²) in [5, 5.41) is 6.71. The average Bonchev–Trinajstić information content (AvgIpc) is 3.48. The molecule has 2 saturated heterocycles. The lowest BCUT2D eigenvalue weighted by Gasteiger charge is -2.39. The van der Waals surface area contributed by atoms with Crippen molar-refractivity contribution >= 4 is 45.7 Å². The smallest absolute Gasteiger partial charge is 0.320 e. The average molecular weight is 528 g/mol. The van der Waals surface area contributed by atoms with E-state index < -0.39 is 0 Å². The molecule has 3 amide bonds. The Labute approximate surface area is 225 Å². The van der Waals surface area contributed by atoms with E-state index in [2.05, 4.69) is 25.2 Å². The van der Waals surface area contributed by atoms with Crippen molar-refractivity contribution in [2.75, 3.05) is 49.5 Å². The Hall–Kier alpha value is -4.05. The normalized spacial score (nSPS) is 16.6. The number of aromatic nitrogens is 3. The van der Waals surface area contributed by atoms with Gasteiger partial charge in [-0.15, -0.1) is 11.3 Å². The van der Waals surface area contributed by atoms with E-state index in [1.54, 1.807) is 12.4 Å². The fraction of sp³-hybridized carbons (Fsp3) is 0.321. The van der Waals surface area contributed by atoms with Crippen LogP contribution in [0.3, 0.4) is 0 Å². The van der Waals surface area contributed by atoms with E-state index in [-0.39, 0.29) is 17.9 Å². The summed E-state index contributed by atoms with van der Waals surface area (Å²) >= 11 is 1.53. The minimum Gasteiger partial charge on any atom is -0.353 e. The zero-order valence-corrected chi connectivity index (χ0v) is 21.8. The molecular formula is C28H29N7O2S. The Morgan fingerprint density at radius 3 is 2.45 bits per heavy atom. The first kappa shape index (κ1) is 24.3. The number of carbonyl (C=O) groups excluding carboxylic acids is 2. The molecule has 10 heteroatoms. The number of urea groups is 1. The maximum Gasteiger partial charge on any atom is 0.320 e. The van der Waals surface area contributed by atoms with E-state index in [0.29, 0.717) is 31.9 Å². The topological polar surface area (TPSA) is 94.6 Å². The fourth-order valence-corrected chi connectivity index (χ4v) is 6.08. The number of benzene rings is 1. The SMILES string of the molecule is O=C(Nc1ccc2ncccc2c1)c1csc(C2CCN(C(=O)N3CCN(c4ccccn4)CC3)CC2)n1. The molecule has 0 unspecified atom stereocenters.